The first-order valence-corrected chi connectivity index (χ1v) is 6.56. The van der Waals surface area contributed by atoms with Crippen LogP contribution in [0.5, 0.6) is 0 Å². The average Bonchev–Trinajstić information content (AvgIpc) is 2.70. The molecule has 2 N–H and O–H groups in total. The van der Waals surface area contributed by atoms with Crippen molar-refractivity contribution in [3.63, 3.8) is 0 Å². The summed E-state index contributed by atoms with van der Waals surface area (Å²) in [5, 5.41) is 0. The van der Waals surface area contributed by atoms with E-state index in [1.54, 1.807) is 0 Å². The summed E-state index contributed by atoms with van der Waals surface area (Å²) in [5.41, 5.74) is 6.54. The van der Waals surface area contributed by atoms with Crippen LogP contribution in [0, 0.1) is 11.8 Å². The zero-order chi connectivity index (χ0) is 10.9. The van der Waals surface area contributed by atoms with Gasteiger partial charge < -0.3 is 10.6 Å². The molecule has 2 atom stereocenters. The van der Waals surface area contributed by atoms with Crippen LogP contribution in [0.1, 0.15) is 45.4 Å². The van der Waals surface area contributed by atoms with E-state index in [-0.39, 0.29) is 5.54 Å². The first kappa shape index (κ1) is 11.4. The summed E-state index contributed by atoms with van der Waals surface area (Å²) in [7, 11) is 2.25. The SMILES string of the molecule is CC1CC1CN(C)CCC1(N)CCCC1. The quantitative estimate of drug-likeness (QED) is 0.754. The van der Waals surface area contributed by atoms with Crippen LogP contribution >= 0.6 is 0 Å². The van der Waals surface area contributed by atoms with Gasteiger partial charge in [-0.25, -0.2) is 0 Å². The molecule has 0 aliphatic heterocycles. The molecule has 2 aliphatic carbocycles. The minimum absolute atomic E-state index is 0.184. The molecule has 2 fully saturated rings. The highest BCUT2D eigenvalue weighted by Crippen LogP contribution is 2.38. The van der Waals surface area contributed by atoms with Crippen LogP contribution in [-0.2, 0) is 0 Å². The molecule has 0 bridgehead atoms. The van der Waals surface area contributed by atoms with Gasteiger partial charge in [0.25, 0.3) is 0 Å². The van der Waals surface area contributed by atoms with Crippen molar-refractivity contribution in [2.45, 2.75) is 51.0 Å². The standard InChI is InChI=1S/C13H26N2/c1-11-9-12(11)10-15(2)8-7-13(14)5-3-4-6-13/h11-12H,3-10,14H2,1-2H3. The van der Waals surface area contributed by atoms with E-state index < -0.39 is 0 Å². The van der Waals surface area contributed by atoms with Gasteiger partial charge in [0, 0.05) is 12.1 Å². The molecule has 2 nitrogen and oxygen atoms in total. The van der Waals surface area contributed by atoms with E-state index in [0.29, 0.717) is 0 Å². The van der Waals surface area contributed by atoms with Gasteiger partial charge in [-0.3, -0.25) is 0 Å². The number of nitrogens with zero attached hydrogens (tertiary/aromatic N) is 1. The second-order valence-corrected chi connectivity index (χ2v) is 6.05. The van der Waals surface area contributed by atoms with Crippen molar-refractivity contribution >= 4 is 0 Å². The number of hydrogen-bond acceptors (Lipinski definition) is 2. The molecule has 0 amide bonds. The smallest absolute Gasteiger partial charge is 0.0166 e. The van der Waals surface area contributed by atoms with E-state index in [1.165, 1.54) is 51.6 Å². The van der Waals surface area contributed by atoms with Crippen LogP contribution in [0.25, 0.3) is 0 Å². The molecule has 0 spiro atoms. The van der Waals surface area contributed by atoms with Gasteiger partial charge in [0.1, 0.15) is 0 Å². The molecule has 0 aromatic carbocycles. The fraction of sp³-hybridized carbons (Fsp3) is 1.00. The molecule has 88 valence electrons. The summed E-state index contributed by atoms with van der Waals surface area (Å²) >= 11 is 0. The topological polar surface area (TPSA) is 29.3 Å². The molecule has 2 heteroatoms. The molecule has 2 unspecified atom stereocenters. The maximum absolute atomic E-state index is 6.35. The molecular weight excluding hydrogens is 184 g/mol. The number of rotatable bonds is 5. The predicted octanol–water partition coefficient (Wildman–Crippen LogP) is 2.24. The second-order valence-electron chi connectivity index (χ2n) is 6.05. The molecule has 0 aromatic rings. The molecule has 2 saturated carbocycles. The third-order valence-electron chi connectivity index (χ3n) is 4.41. The van der Waals surface area contributed by atoms with E-state index >= 15 is 0 Å². The van der Waals surface area contributed by atoms with Gasteiger partial charge in [-0.15, -0.1) is 0 Å². The lowest BCUT2D eigenvalue weighted by atomic mass is 9.94. The van der Waals surface area contributed by atoms with Crippen LogP contribution in [0.3, 0.4) is 0 Å². The summed E-state index contributed by atoms with van der Waals surface area (Å²) in [6, 6.07) is 0. The highest BCUT2D eigenvalue weighted by molar-refractivity contribution is 4.90. The molecule has 2 aliphatic rings. The molecule has 2 rings (SSSR count). The monoisotopic (exact) mass is 210 g/mol. The third kappa shape index (κ3) is 3.18. The van der Waals surface area contributed by atoms with E-state index in [2.05, 4.69) is 18.9 Å². The summed E-state index contributed by atoms with van der Waals surface area (Å²) in [4.78, 5) is 2.49. The highest BCUT2D eigenvalue weighted by atomic mass is 15.1. The normalized spacial score (nSPS) is 33.6. The average molecular weight is 210 g/mol. The number of hydrogen-bond donors (Lipinski definition) is 1. The van der Waals surface area contributed by atoms with Gasteiger partial charge in [0.15, 0.2) is 0 Å². The highest BCUT2D eigenvalue weighted by Gasteiger charge is 2.34. The van der Waals surface area contributed by atoms with Gasteiger partial charge in [-0.2, -0.15) is 0 Å². The van der Waals surface area contributed by atoms with Crippen molar-refractivity contribution in [1.82, 2.24) is 4.90 Å². The lowest BCUT2D eigenvalue weighted by Gasteiger charge is -2.26. The summed E-state index contributed by atoms with van der Waals surface area (Å²) < 4.78 is 0. The fourth-order valence-electron chi connectivity index (χ4n) is 2.89. The first-order chi connectivity index (χ1) is 7.09. The fourth-order valence-corrected chi connectivity index (χ4v) is 2.89. The maximum atomic E-state index is 6.35. The number of nitrogens with two attached hydrogens (primary N) is 1. The molecular formula is C13H26N2. The zero-order valence-electron chi connectivity index (χ0n) is 10.3. The summed E-state index contributed by atoms with van der Waals surface area (Å²) in [5.74, 6) is 1.96. The molecule has 0 radical (unpaired) electrons. The van der Waals surface area contributed by atoms with Gasteiger partial charge in [-0.05, 0) is 51.1 Å². The van der Waals surface area contributed by atoms with Crippen molar-refractivity contribution < 1.29 is 0 Å². The van der Waals surface area contributed by atoms with Crippen LogP contribution in [0.15, 0.2) is 0 Å². The Bertz CT molecular complexity index is 209. The van der Waals surface area contributed by atoms with E-state index in [9.17, 15) is 0 Å². The minimum Gasteiger partial charge on any atom is -0.325 e. The summed E-state index contributed by atoms with van der Waals surface area (Å²) in [6.45, 7) is 4.84. The summed E-state index contributed by atoms with van der Waals surface area (Å²) in [6.07, 6.45) is 7.84. The van der Waals surface area contributed by atoms with Crippen molar-refractivity contribution in [3.8, 4) is 0 Å². The Morgan fingerprint density at radius 2 is 1.93 bits per heavy atom. The van der Waals surface area contributed by atoms with Crippen LogP contribution < -0.4 is 5.73 Å². The third-order valence-corrected chi connectivity index (χ3v) is 4.41. The van der Waals surface area contributed by atoms with Crippen molar-refractivity contribution in [2.24, 2.45) is 17.6 Å². The Balaban J connectivity index is 1.64. The van der Waals surface area contributed by atoms with Crippen LogP contribution in [0.4, 0.5) is 0 Å². The Labute approximate surface area is 94.2 Å². The molecule has 15 heavy (non-hydrogen) atoms. The Morgan fingerprint density at radius 3 is 2.47 bits per heavy atom. The zero-order valence-corrected chi connectivity index (χ0v) is 10.3. The Kier molecular flexibility index (Phi) is 3.36. The van der Waals surface area contributed by atoms with E-state index in [0.717, 1.165) is 11.8 Å². The molecule has 0 aromatic heterocycles. The lowest BCUT2D eigenvalue weighted by Crippen LogP contribution is -2.40. The van der Waals surface area contributed by atoms with Crippen LogP contribution in [0.2, 0.25) is 0 Å². The van der Waals surface area contributed by atoms with Crippen molar-refractivity contribution in [2.75, 3.05) is 20.1 Å². The predicted molar refractivity (Wildman–Crippen MR) is 64.8 cm³/mol. The lowest BCUT2D eigenvalue weighted by molar-refractivity contribution is 0.268. The van der Waals surface area contributed by atoms with Crippen molar-refractivity contribution in [1.29, 1.82) is 0 Å². The second kappa shape index (κ2) is 4.42. The van der Waals surface area contributed by atoms with Gasteiger partial charge in [0.2, 0.25) is 0 Å². The van der Waals surface area contributed by atoms with Crippen LogP contribution in [-0.4, -0.2) is 30.6 Å². The Hall–Kier alpha value is -0.0800. The molecule has 0 heterocycles. The first-order valence-electron chi connectivity index (χ1n) is 6.56. The minimum atomic E-state index is 0.184. The van der Waals surface area contributed by atoms with Gasteiger partial charge >= 0.3 is 0 Å². The van der Waals surface area contributed by atoms with E-state index in [4.69, 9.17) is 5.73 Å². The Morgan fingerprint density at radius 1 is 1.33 bits per heavy atom. The van der Waals surface area contributed by atoms with E-state index in [1.807, 2.05) is 0 Å². The van der Waals surface area contributed by atoms with Gasteiger partial charge in [0.05, 0.1) is 0 Å². The largest absolute Gasteiger partial charge is 0.325 e. The van der Waals surface area contributed by atoms with Gasteiger partial charge in [-0.1, -0.05) is 19.8 Å². The molecule has 0 saturated heterocycles. The maximum Gasteiger partial charge on any atom is 0.0166 e. The van der Waals surface area contributed by atoms with Crippen molar-refractivity contribution in [3.05, 3.63) is 0 Å².